The van der Waals surface area contributed by atoms with E-state index in [-0.39, 0.29) is 6.17 Å². The van der Waals surface area contributed by atoms with Crippen molar-refractivity contribution in [2.24, 2.45) is 9.98 Å². The molecule has 0 saturated heterocycles. The number of hydrogen-bond acceptors (Lipinski definition) is 2. The van der Waals surface area contributed by atoms with Crippen molar-refractivity contribution in [3.8, 4) is 0 Å². The molecule has 0 saturated carbocycles. The van der Waals surface area contributed by atoms with Crippen molar-refractivity contribution in [3.05, 3.63) is 0 Å². The van der Waals surface area contributed by atoms with Crippen LogP contribution in [-0.4, -0.2) is 24.5 Å². The van der Waals surface area contributed by atoms with Gasteiger partial charge in [0.15, 0.2) is 0 Å². The lowest BCUT2D eigenvalue weighted by Crippen LogP contribution is -1.96. The highest BCUT2D eigenvalue weighted by Gasteiger charge is 2.02. The van der Waals surface area contributed by atoms with Crippen molar-refractivity contribution in [1.29, 1.82) is 0 Å². The number of alkyl halides is 1. The number of halogens is 1. The fourth-order valence-electron chi connectivity index (χ4n) is 0.561. The highest BCUT2D eigenvalue weighted by atomic mass is 35.5. The second-order valence-electron chi connectivity index (χ2n) is 1.55. The predicted octanol–water partition coefficient (Wildman–Crippen LogP) is 1.10. The van der Waals surface area contributed by atoms with Crippen LogP contribution in [0.25, 0.3) is 0 Å². The third-order valence-electron chi connectivity index (χ3n) is 0.950. The Kier molecular flexibility index (Phi) is 2.03. The van der Waals surface area contributed by atoms with Gasteiger partial charge in [0.2, 0.25) is 0 Å². The Hall–Kier alpha value is -0.370. The molecule has 1 rings (SSSR count). The maximum atomic E-state index is 5.43. The van der Waals surface area contributed by atoms with Crippen molar-refractivity contribution in [1.82, 2.24) is 0 Å². The molecule has 1 aliphatic heterocycles. The zero-order chi connectivity index (χ0) is 5.82. The zero-order valence-electron chi connectivity index (χ0n) is 4.42. The molecule has 0 aliphatic carbocycles. The van der Waals surface area contributed by atoms with Crippen molar-refractivity contribution in [2.75, 3.05) is 5.88 Å². The summed E-state index contributed by atoms with van der Waals surface area (Å²) >= 11 is 5.43. The second-order valence-corrected chi connectivity index (χ2v) is 1.93. The van der Waals surface area contributed by atoms with Crippen LogP contribution in [0.1, 0.15) is 6.42 Å². The first-order chi connectivity index (χ1) is 3.93. The Bertz CT molecular complexity index is 108. The average Bonchev–Trinajstić information content (AvgIpc) is 2.19. The minimum absolute atomic E-state index is 0.118. The van der Waals surface area contributed by atoms with Crippen LogP contribution in [-0.2, 0) is 0 Å². The average molecular weight is 131 g/mol. The molecule has 0 amide bonds. The summed E-state index contributed by atoms with van der Waals surface area (Å²) < 4.78 is 0. The van der Waals surface area contributed by atoms with Crippen molar-refractivity contribution < 1.29 is 0 Å². The van der Waals surface area contributed by atoms with E-state index in [1.54, 1.807) is 12.4 Å². The molecule has 0 bridgehead atoms. The van der Waals surface area contributed by atoms with E-state index in [1.165, 1.54) is 0 Å². The Morgan fingerprint density at radius 1 is 1.38 bits per heavy atom. The van der Waals surface area contributed by atoms with E-state index in [9.17, 15) is 0 Å². The Balaban J connectivity index is 2.27. The molecule has 3 heteroatoms. The highest BCUT2D eigenvalue weighted by Crippen LogP contribution is 2.02. The van der Waals surface area contributed by atoms with Gasteiger partial charge in [-0.1, -0.05) is 0 Å². The molecule has 0 N–H and O–H groups in total. The second kappa shape index (κ2) is 2.82. The lowest BCUT2D eigenvalue weighted by molar-refractivity contribution is 0.707. The summed E-state index contributed by atoms with van der Waals surface area (Å²) in [6, 6.07) is 0. The molecule has 0 fully saturated rings. The van der Waals surface area contributed by atoms with Gasteiger partial charge in [0.25, 0.3) is 0 Å². The lowest BCUT2D eigenvalue weighted by Gasteiger charge is -1.96. The largest absolute Gasteiger partial charge is 0.265 e. The predicted molar refractivity (Wildman–Crippen MR) is 36.1 cm³/mol. The van der Waals surface area contributed by atoms with Gasteiger partial charge in [0.1, 0.15) is 6.17 Å². The van der Waals surface area contributed by atoms with Crippen LogP contribution in [0.4, 0.5) is 0 Å². The molecule has 0 aromatic rings. The van der Waals surface area contributed by atoms with E-state index in [1.807, 2.05) is 0 Å². The first kappa shape index (κ1) is 5.76. The van der Waals surface area contributed by atoms with Gasteiger partial charge in [0, 0.05) is 24.7 Å². The zero-order valence-corrected chi connectivity index (χ0v) is 5.17. The van der Waals surface area contributed by atoms with Crippen molar-refractivity contribution in [2.45, 2.75) is 12.6 Å². The summed E-state index contributed by atoms with van der Waals surface area (Å²) in [6.07, 6.45) is 4.38. The summed E-state index contributed by atoms with van der Waals surface area (Å²) in [4.78, 5) is 7.99. The topological polar surface area (TPSA) is 24.7 Å². The summed E-state index contributed by atoms with van der Waals surface area (Å²) in [6.45, 7) is 0. The lowest BCUT2D eigenvalue weighted by atomic mass is 10.4. The molecule has 0 aromatic carbocycles. The molecule has 8 heavy (non-hydrogen) atoms. The van der Waals surface area contributed by atoms with Gasteiger partial charge in [-0.3, -0.25) is 9.98 Å². The van der Waals surface area contributed by atoms with Crippen LogP contribution >= 0.6 is 11.6 Å². The van der Waals surface area contributed by atoms with Gasteiger partial charge in [-0.2, -0.15) is 0 Å². The molecule has 0 radical (unpaired) electrons. The third kappa shape index (κ3) is 1.30. The highest BCUT2D eigenvalue weighted by molar-refractivity contribution is 6.18. The maximum Gasteiger partial charge on any atom is 0.140 e. The van der Waals surface area contributed by atoms with Crippen LogP contribution < -0.4 is 0 Å². The smallest absolute Gasteiger partial charge is 0.140 e. The normalized spacial score (nSPS) is 18.1. The Morgan fingerprint density at radius 3 is 2.50 bits per heavy atom. The molecule has 44 valence electrons. The Morgan fingerprint density at radius 2 is 2.00 bits per heavy atom. The van der Waals surface area contributed by atoms with Gasteiger partial charge in [0.05, 0.1) is 0 Å². The van der Waals surface area contributed by atoms with Crippen LogP contribution in [0, 0.1) is 0 Å². The SMILES string of the molecule is ClCCC1N=CC=N1. The number of rotatable bonds is 2. The van der Waals surface area contributed by atoms with Gasteiger partial charge >= 0.3 is 0 Å². The molecule has 1 heterocycles. The fourth-order valence-corrected chi connectivity index (χ4v) is 0.756. The van der Waals surface area contributed by atoms with Crippen LogP contribution in [0.2, 0.25) is 0 Å². The molecule has 0 spiro atoms. The van der Waals surface area contributed by atoms with Gasteiger partial charge in [-0.15, -0.1) is 11.6 Å². The number of aliphatic imine (C=N–C) groups is 2. The van der Waals surface area contributed by atoms with Crippen LogP contribution in [0.15, 0.2) is 9.98 Å². The fraction of sp³-hybridized carbons (Fsp3) is 0.600. The van der Waals surface area contributed by atoms with Crippen molar-refractivity contribution in [3.63, 3.8) is 0 Å². The van der Waals surface area contributed by atoms with E-state index in [4.69, 9.17) is 11.6 Å². The van der Waals surface area contributed by atoms with Crippen LogP contribution in [0.3, 0.4) is 0 Å². The molecular formula is C5H7ClN2. The quantitative estimate of drug-likeness (QED) is 0.500. The first-order valence-corrected chi connectivity index (χ1v) is 3.08. The molecule has 0 atom stereocenters. The minimum atomic E-state index is 0.118. The molecule has 2 nitrogen and oxygen atoms in total. The van der Waals surface area contributed by atoms with Gasteiger partial charge in [-0.25, -0.2) is 0 Å². The first-order valence-electron chi connectivity index (χ1n) is 2.54. The summed E-state index contributed by atoms with van der Waals surface area (Å²) in [5, 5.41) is 0. The summed E-state index contributed by atoms with van der Waals surface area (Å²) in [5.74, 6) is 0.638. The monoisotopic (exact) mass is 130 g/mol. The van der Waals surface area contributed by atoms with E-state index < -0.39 is 0 Å². The molecule has 1 aliphatic rings. The number of nitrogens with zero attached hydrogens (tertiary/aromatic N) is 2. The molecule has 0 unspecified atom stereocenters. The summed E-state index contributed by atoms with van der Waals surface area (Å²) in [7, 11) is 0. The standard InChI is InChI=1S/C5H7ClN2/c6-2-1-5-7-3-4-8-5/h3-5H,1-2H2. The Labute approximate surface area is 53.3 Å². The van der Waals surface area contributed by atoms with E-state index in [2.05, 4.69) is 9.98 Å². The number of hydrogen-bond donors (Lipinski definition) is 0. The van der Waals surface area contributed by atoms with Crippen LogP contribution in [0.5, 0.6) is 0 Å². The van der Waals surface area contributed by atoms with E-state index in [0.717, 1.165) is 6.42 Å². The molecule has 0 aromatic heterocycles. The van der Waals surface area contributed by atoms with E-state index >= 15 is 0 Å². The van der Waals surface area contributed by atoms with Gasteiger partial charge in [-0.05, 0) is 0 Å². The summed E-state index contributed by atoms with van der Waals surface area (Å²) in [5.41, 5.74) is 0. The van der Waals surface area contributed by atoms with Crippen molar-refractivity contribution >= 4 is 24.0 Å². The van der Waals surface area contributed by atoms with E-state index in [0.29, 0.717) is 5.88 Å². The maximum absolute atomic E-state index is 5.43. The third-order valence-corrected chi connectivity index (χ3v) is 1.17. The minimum Gasteiger partial charge on any atom is -0.265 e. The molecular weight excluding hydrogens is 124 g/mol. The van der Waals surface area contributed by atoms with Gasteiger partial charge < -0.3 is 0 Å².